The summed E-state index contributed by atoms with van der Waals surface area (Å²) in [6.07, 6.45) is 0.329. The molecule has 0 atom stereocenters. The van der Waals surface area contributed by atoms with E-state index in [4.69, 9.17) is 17.2 Å². The van der Waals surface area contributed by atoms with Gasteiger partial charge in [-0.1, -0.05) is 0 Å². The zero-order chi connectivity index (χ0) is 6.57. The zero-order valence-electron chi connectivity index (χ0n) is 4.63. The number of nitrogens with two attached hydrogens (primary N) is 3. The van der Waals surface area contributed by atoms with E-state index in [1.807, 2.05) is 0 Å². The third-order valence-electron chi connectivity index (χ3n) is 0.724. The van der Waals surface area contributed by atoms with Crippen LogP contribution in [-0.4, -0.2) is 12.1 Å². The molecule has 0 fully saturated rings. The van der Waals surface area contributed by atoms with E-state index < -0.39 is 6.17 Å². The average Bonchev–Trinajstić information content (AvgIpc) is 1.61. The van der Waals surface area contributed by atoms with Crippen LogP contribution in [0.1, 0.15) is 12.8 Å². The van der Waals surface area contributed by atoms with E-state index in [9.17, 15) is 4.79 Å². The van der Waals surface area contributed by atoms with Crippen molar-refractivity contribution in [2.24, 2.45) is 17.2 Å². The molecule has 0 aromatic rings. The number of hydrogen-bond donors (Lipinski definition) is 3. The zero-order valence-corrected chi connectivity index (χ0v) is 4.63. The highest BCUT2D eigenvalue weighted by Gasteiger charge is 1.96. The summed E-state index contributed by atoms with van der Waals surface area (Å²) in [5, 5.41) is 0. The van der Waals surface area contributed by atoms with Gasteiger partial charge in [0.25, 0.3) is 0 Å². The maximum absolute atomic E-state index is 10.0. The summed E-state index contributed by atoms with van der Waals surface area (Å²) >= 11 is 0. The second kappa shape index (κ2) is 3.40. The molecule has 0 saturated carbocycles. The van der Waals surface area contributed by atoms with Crippen LogP contribution < -0.4 is 17.2 Å². The molecule has 0 aliphatic rings. The Bertz CT molecular complexity index is 81.4. The second-order valence-electron chi connectivity index (χ2n) is 1.67. The molecule has 4 nitrogen and oxygen atoms in total. The third kappa shape index (κ3) is 5.39. The monoisotopic (exact) mass is 117 g/mol. The Kier molecular flexibility index (Phi) is 3.14. The Labute approximate surface area is 48.0 Å². The van der Waals surface area contributed by atoms with Crippen LogP contribution in [0, 0.1) is 0 Å². The summed E-state index contributed by atoms with van der Waals surface area (Å²) in [4.78, 5) is 10.0. The first-order valence-corrected chi connectivity index (χ1v) is 2.42. The van der Waals surface area contributed by atoms with Crippen molar-refractivity contribution in [3.8, 4) is 0 Å². The predicted octanol–water partition coefficient (Wildman–Crippen LogP) is -1.50. The fourth-order valence-corrected chi connectivity index (χ4v) is 0.309. The smallest absolute Gasteiger partial charge is 0.217 e. The summed E-state index contributed by atoms with van der Waals surface area (Å²) in [7, 11) is 0. The van der Waals surface area contributed by atoms with Gasteiger partial charge in [0.2, 0.25) is 5.91 Å². The minimum atomic E-state index is -0.414. The van der Waals surface area contributed by atoms with Gasteiger partial charge in [-0.25, -0.2) is 0 Å². The van der Waals surface area contributed by atoms with E-state index in [-0.39, 0.29) is 12.3 Å². The molecule has 0 saturated heterocycles. The van der Waals surface area contributed by atoms with Crippen molar-refractivity contribution in [2.75, 3.05) is 0 Å². The minimum absolute atomic E-state index is 0.275. The lowest BCUT2D eigenvalue weighted by Crippen LogP contribution is -2.31. The van der Waals surface area contributed by atoms with Gasteiger partial charge in [-0.15, -0.1) is 0 Å². The second-order valence-corrected chi connectivity index (χ2v) is 1.67. The Hall–Kier alpha value is -0.610. The molecule has 1 amide bonds. The fraction of sp³-hybridized carbons (Fsp3) is 0.750. The van der Waals surface area contributed by atoms with Crippen molar-refractivity contribution in [2.45, 2.75) is 19.0 Å². The van der Waals surface area contributed by atoms with E-state index in [0.29, 0.717) is 6.42 Å². The molecule has 0 aromatic carbocycles. The number of carbonyl (C=O) groups excluding carboxylic acids is 1. The van der Waals surface area contributed by atoms with Crippen LogP contribution in [0.25, 0.3) is 0 Å². The summed E-state index contributed by atoms with van der Waals surface area (Å²) in [5.41, 5.74) is 15.0. The molecule has 0 radical (unpaired) electrons. The summed E-state index contributed by atoms with van der Waals surface area (Å²) < 4.78 is 0. The van der Waals surface area contributed by atoms with Crippen molar-refractivity contribution in [1.29, 1.82) is 0 Å². The van der Waals surface area contributed by atoms with Crippen molar-refractivity contribution in [1.82, 2.24) is 0 Å². The van der Waals surface area contributed by atoms with E-state index in [2.05, 4.69) is 0 Å². The van der Waals surface area contributed by atoms with Gasteiger partial charge in [0, 0.05) is 6.42 Å². The first kappa shape index (κ1) is 7.39. The number of rotatable bonds is 3. The van der Waals surface area contributed by atoms with Crippen LogP contribution in [-0.2, 0) is 4.79 Å². The molecular weight excluding hydrogens is 106 g/mol. The van der Waals surface area contributed by atoms with Crippen molar-refractivity contribution >= 4 is 5.91 Å². The van der Waals surface area contributed by atoms with Gasteiger partial charge in [0.1, 0.15) is 0 Å². The molecule has 0 spiro atoms. The van der Waals surface area contributed by atoms with Crippen molar-refractivity contribution in [3.05, 3.63) is 0 Å². The molecule has 0 heterocycles. The largest absolute Gasteiger partial charge is 0.370 e. The number of carbonyl (C=O) groups is 1. The molecule has 6 N–H and O–H groups in total. The van der Waals surface area contributed by atoms with Crippen LogP contribution >= 0.6 is 0 Å². The maximum Gasteiger partial charge on any atom is 0.217 e. The standard InChI is InChI=1S/C4H11N3O/c5-3(6)1-2-4(7)8/h3H,1-2,5-6H2,(H2,7,8). The summed E-state index contributed by atoms with van der Waals surface area (Å²) in [5.74, 6) is -0.356. The maximum atomic E-state index is 10.0. The highest BCUT2D eigenvalue weighted by Crippen LogP contribution is 1.85. The van der Waals surface area contributed by atoms with Crippen LogP contribution in [0.15, 0.2) is 0 Å². The minimum Gasteiger partial charge on any atom is -0.370 e. The average molecular weight is 117 g/mol. The number of hydrogen-bond acceptors (Lipinski definition) is 3. The highest BCUT2D eigenvalue weighted by atomic mass is 16.1. The molecule has 8 heavy (non-hydrogen) atoms. The van der Waals surface area contributed by atoms with E-state index in [1.54, 1.807) is 0 Å². The van der Waals surface area contributed by atoms with Crippen LogP contribution in [0.2, 0.25) is 0 Å². The van der Waals surface area contributed by atoms with Crippen LogP contribution in [0.5, 0.6) is 0 Å². The van der Waals surface area contributed by atoms with Crippen LogP contribution in [0.3, 0.4) is 0 Å². The lowest BCUT2D eigenvalue weighted by Gasteiger charge is -1.99. The molecule has 0 aliphatic heterocycles. The molecule has 4 heteroatoms. The first-order valence-electron chi connectivity index (χ1n) is 2.42. The molecule has 0 aliphatic carbocycles. The summed E-state index contributed by atoms with van der Waals surface area (Å²) in [6.45, 7) is 0. The Balaban J connectivity index is 3.05. The fourth-order valence-electron chi connectivity index (χ4n) is 0.309. The Morgan fingerprint density at radius 1 is 1.50 bits per heavy atom. The molecule has 0 bridgehead atoms. The molecule has 0 unspecified atom stereocenters. The van der Waals surface area contributed by atoms with Crippen LogP contribution in [0.4, 0.5) is 0 Å². The van der Waals surface area contributed by atoms with Gasteiger partial charge in [0.05, 0.1) is 6.17 Å². The topological polar surface area (TPSA) is 95.1 Å². The van der Waals surface area contributed by atoms with E-state index in [0.717, 1.165) is 0 Å². The van der Waals surface area contributed by atoms with Gasteiger partial charge in [-0.3, -0.25) is 4.79 Å². The predicted molar refractivity (Wildman–Crippen MR) is 30.6 cm³/mol. The quantitative estimate of drug-likeness (QED) is 0.392. The van der Waals surface area contributed by atoms with Gasteiger partial charge in [-0.05, 0) is 6.42 Å². The molecule has 0 aromatic heterocycles. The van der Waals surface area contributed by atoms with Gasteiger partial charge >= 0.3 is 0 Å². The van der Waals surface area contributed by atoms with Gasteiger partial charge in [-0.2, -0.15) is 0 Å². The van der Waals surface area contributed by atoms with E-state index in [1.165, 1.54) is 0 Å². The lowest BCUT2D eigenvalue weighted by molar-refractivity contribution is -0.118. The SMILES string of the molecule is NC(=O)CCC(N)N. The van der Waals surface area contributed by atoms with Gasteiger partial charge < -0.3 is 17.2 Å². The normalized spacial score (nSPS) is 9.88. The first-order chi connectivity index (χ1) is 3.63. The molecule has 0 rings (SSSR count). The Morgan fingerprint density at radius 3 is 2.12 bits per heavy atom. The third-order valence-corrected chi connectivity index (χ3v) is 0.724. The number of amides is 1. The van der Waals surface area contributed by atoms with Crippen molar-refractivity contribution in [3.63, 3.8) is 0 Å². The molecule has 48 valence electrons. The van der Waals surface area contributed by atoms with Gasteiger partial charge in [0.15, 0.2) is 0 Å². The van der Waals surface area contributed by atoms with E-state index >= 15 is 0 Å². The molecular formula is C4H11N3O. The summed E-state index contributed by atoms with van der Waals surface area (Å²) in [6, 6.07) is 0. The number of primary amides is 1. The Morgan fingerprint density at radius 2 is 2.00 bits per heavy atom. The van der Waals surface area contributed by atoms with Crippen molar-refractivity contribution < 1.29 is 4.79 Å². The lowest BCUT2D eigenvalue weighted by atomic mass is 10.2. The highest BCUT2D eigenvalue weighted by molar-refractivity contribution is 5.73.